The average Bonchev–Trinajstić information content (AvgIpc) is 2.72. The maximum Gasteiger partial charge on any atom is 0.340 e. The smallest absolute Gasteiger partial charge is 0.340 e. The van der Waals surface area contributed by atoms with Gasteiger partial charge in [0.25, 0.3) is 0 Å². The summed E-state index contributed by atoms with van der Waals surface area (Å²) >= 11 is 1.21. The van der Waals surface area contributed by atoms with Crippen LogP contribution < -0.4 is 5.32 Å². The van der Waals surface area contributed by atoms with Gasteiger partial charge in [0.2, 0.25) is 0 Å². The minimum absolute atomic E-state index is 0.296. The zero-order valence-corrected chi connectivity index (χ0v) is 11.3. The van der Waals surface area contributed by atoms with Gasteiger partial charge in [-0.05, 0) is 44.1 Å². The topological polar surface area (TPSA) is 71.5 Å². The van der Waals surface area contributed by atoms with E-state index in [1.807, 2.05) is 0 Å². The van der Waals surface area contributed by atoms with E-state index in [0.29, 0.717) is 22.4 Å². The molecule has 5 nitrogen and oxygen atoms in total. The molecule has 0 amide bonds. The Labute approximate surface area is 110 Å². The normalized spacial score (nSPS) is 19.7. The number of carboxylic acid groups (broad SMARTS) is 1. The summed E-state index contributed by atoms with van der Waals surface area (Å²) in [4.78, 5) is 11.1. The van der Waals surface area contributed by atoms with Crippen LogP contribution in [-0.4, -0.2) is 34.7 Å². The van der Waals surface area contributed by atoms with Crippen LogP contribution in [-0.2, 0) is 4.74 Å². The fourth-order valence-corrected chi connectivity index (χ4v) is 2.94. The first-order valence-corrected chi connectivity index (χ1v) is 7.01. The molecule has 1 atom stereocenters. The Balaban J connectivity index is 1.84. The number of anilines is 1. The summed E-state index contributed by atoms with van der Waals surface area (Å²) in [6.07, 6.45) is 4.71. The predicted molar refractivity (Wildman–Crippen MR) is 70.5 cm³/mol. The molecule has 1 unspecified atom stereocenters. The van der Waals surface area contributed by atoms with Crippen LogP contribution in [0.1, 0.15) is 41.7 Å². The molecule has 0 aliphatic carbocycles. The van der Waals surface area contributed by atoms with Crippen LogP contribution >= 0.6 is 11.5 Å². The van der Waals surface area contributed by atoms with Crippen LogP contribution in [0.5, 0.6) is 0 Å². The molecule has 0 aromatic carbocycles. The van der Waals surface area contributed by atoms with Gasteiger partial charge in [0, 0.05) is 13.2 Å². The molecule has 1 saturated heterocycles. The van der Waals surface area contributed by atoms with Crippen molar-refractivity contribution in [2.75, 3.05) is 18.5 Å². The molecule has 100 valence electrons. The predicted octanol–water partition coefficient (Wildman–Crippen LogP) is 2.52. The lowest BCUT2D eigenvalue weighted by Gasteiger charge is -2.22. The third kappa shape index (κ3) is 3.20. The Hall–Kier alpha value is -1.14. The molecule has 0 radical (unpaired) electrons. The average molecular weight is 270 g/mol. The van der Waals surface area contributed by atoms with Gasteiger partial charge in [-0.15, -0.1) is 0 Å². The van der Waals surface area contributed by atoms with Gasteiger partial charge in [0.05, 0.1) is 11.8 Å². The van der Waals surface area contributed by atoms with Gasteiger partial charge < -0.3 is 15.2 Å². The molecule has 1 aromatic rings. The molecule has 18 heavy (non-hydrogen) atoms. The molecule has 1 aliphatic heterocycles. The fourth-order valence-electron chi connectivity index (χ4n) is 2.12. The summed E-state index contributed by atoms with van der Waals surface area (Å²) in [6, 6.07) is 0. The van der Waals surface area contributed by atoms with Crippen molar-refractivity contribution >= 4 is 22.5 Å². The van der Waals surface area contributed by atoms with E-state index >= 15 is 0 Å². The molecule has 6 heteroatoms. The second-order valence-corrected chi connectivity index (χ2v) is 5.25. The molecule has 2 rings (SSSR count). The van der Waals surface area contributed by atoms with Crippen LogP contribution in [0.25, 0.3) is 0 Å². The number of carboxylic acids is 1. The largest absolute Gasteiger partial charge is 0.478 e. The van der Waals surface area contributed by atoms with Crippen LogP contribution in [0.2, 0.25) is 0 Å². The van der Waals surface area contributed by atoms with Gasteiger partial charge in [0.1, 0.15) is 10.6 Å². The second-order valence-electron chi connectivity index (χ2n) is 4.48. The molecule has 0 spiro atoms. The first-order chi connectivity index (χ1) is 8.68. The molecule has 1 aliphatic rings. The third-order valence-corrected chi connectivity index (χ3v) is 4.00. The van der Waals surface area contributed by atoms with Crippen LogP contribution in [0.4, 0.5) is 5.00 Å². The van der Waals surface area contributed by atoms with Crippen molar-refractivity contribution in [3.8, 4) is 0 Å². The number of rotatable bonds is 5. The maximum atomic E-state index is 11.1. The molecular weight excluding hydrogens is 252 g/mol. The van der Waals surface area contributed by atoms with Gasteiger partial charge in [-0.3, -0.25) is 0 Å². The van der Waals surface area contributed by atoms with Gasteiger partial charge in [-0.2, -0.15) is 4.37 Å². The number of ether oxygens (including phenoxy) is 1. The number of nitrogens with one attached hydrogen (secondary N) is 1. The Morgan fingerprint density at radius 1 is 1.61 bits per heavy atom. The lowest BCUT2D eigenvalue weighted by atomic mass is 10.1. The summed E-state index contributed by atoms with van der Waals surface area (Å²) < 4.78 is 9.70. The van der Waals surface area contributed by atoms with Crippen LogP contribution in [0.15, 0.2) is 0 Å². The van der Waals surface area contributed by atoms with E-state index in [1.54, 1.807) is 6.92 Å². The molecular formula is C12H18N2O3S. The maximum absolute atomic E-state index is 11.1. The number of hydrogen-bond acceptors (Lipinski definition) is 5. The molecule has 2 N–H and O–H groups in total. The Morgan fingerprint density at radius 2 is 2.44 bits per heavy atom. The highest BCUT2D eigenvalue weighted by Crippen LogP contribution is 2.24. The van der Waals surface area contributed by atoms with Crippen LogP contribution in [0, 0.1) is 6.92 Å². The number of aromatic nitrogens is 1. The summed E-state index contributed by atoms with van der Waals surface area (Å²) in [5.74, 6) is -0.919. The minimum atomic E-state index is -0.919. The van der Waals surface area contributed by atoms with Crippen molar-refractivity contribution in [2.45, 2.75) is 38.7 Å². The zero-order valence-electron chi connectivity index (χ0n) is 10.4. The van der Waals surface area contributed by atoms with Gasteiger partial charge in [-0.25, -0.2) is 4.79 Å². The van der Waals surface area contributed by atoms with E-state index < -0.39 is 5.97 Å². The van der Waals surface area contributed by atoms with Crippen molar-refractivity contribution in [2.24, 2.45) is 0 Å². The van der Waals surface area contributed by atoms with E-state index in [9.17, 15) is 4.79 Å². The molecule has 1 fully saturated rings. The van der Waals surface area contributed by atoms with E-state index in [0.717, 1.165) is 32.4 Å². The number of hydrogen-bond donors (Lipinski definition) is 2. The lowest BCUT2D eigenvalue weighted by Crippen LogP contribution is -2.22. The molecule has 0 bridgehead atoms. The van der Waals surface area contributed by atoms with Crippen molar-refractivity contribution in [3.63, 3.8) is 0 Å². The van der Waals surface area contributed by atoms with E-state index in [-0.39, 0.29) is 0 Å². The molecule has 0 saturated carbocycles. The highest BCUT2D eigenvalue weighted by Gasteiger charge is 2.18. The quantitative estimate of drug-likeness (QED) is 0.860. The number of aromatic carboxylic acids is 1. The fraction of sp³-hybridized carbons (Fsp3) is 0.667. The van der Waals surface area contributed by atoms with Crippen molar-refractivity contribution < 1.29 is 14.6 Å². The van der Waals surface area contributed by atoms with E-state index in [1.165, 1.54) is 18.0 Å². The summed E-state index contributed by atoms with van der Waals surface area (Å²) in [7, 11) is 0. The number of aryl methyl sites for hydroxylation is 1. The monoisotopic (exact) mass is 270 g/mol. The number of carbonyl (C=O) groups is 1. The minimum Gasteiger partial charge on any atom is -0.478 e. The van der Waals surface area contributed by atoms with Gasteiger partial charge in [-0.1, -0.05) is 0 Å². The van der Waals surface area contributed by atoms with Gasteiger partial charge in [0.15, 0.2) is 0 Å². The Bertz CT molecular complexity index is 413. The molecule has 2 heterocycles. The second kappa shape index (κ2) is 6.15. The first kappa shape index (κ1) is 13.3. The summed E-state index contributed by atoms with van der Waals surface area (Å²) in [6.45, 7) is 3.30. The highest BCUT2D eigenvalue weighted by molar-refractivity contribution is 7.10. The number of nitrogens with zero attached hydrogens (tertiary/aromatic N) is 1. The summed E-state index contributed by atoms with van der Waals surface area (Å²) in [5, 5.41) is 12.9. The van der Waals surface area contributed by atoms with Crippen molar-refractivity contribution in [3.05, 3.63) is 11.3 Å². The van der Waals surface area contributed by atoms with Gasteiger partial charge >= 0.3 is 5.97 Å². The highest BCUT2D eigenvalue weighted by atomic mass is 32.1. The van der Waals surface area contributed by atoms with E-state index in [2.05, 4.69) is 9.69 Å². The van der Waals surface area contributed by atoms with Crippen molar-refractivity contribution in [1.82, 2.24) is 4.37 Å². The SMILES string of the molecule is Cc1nsc(NCCC2CCCCO2)c1C(=O)O. The van der Waals surface area contributed by atoms with Crippen molar-refractivity contribution in [1.29, 1.82) is 0 Å². The Morgan fingerprint density at radius 3 is 3.11 bits per heavy atom. The first-order valence-electron chi connectivity index (χ1n) is 6.23. The Kier molecular flexibility index (Phi) is 4.54. The summed E-state index contributed by atoms with van der Waals surface area (Å²) in [5.41, 5.74) is 0.869. The standard InChI is InChI=1S/C12H18N2O3S/c1-8-10(12(15)16)11(18-14-8)13-6-5-9-4-2-3-7-17-9/h9,13H,2-7H2,1H3,(H,15,16). The zero-order chi connectivity index (χ0) is 13.0. The van der Waals surface area contributed by atoms with Crippen LogP contribution in [0.3, 0.4) is 0 Å². The lowest BCUT2D eigenvalue weighted by molar-refractivity contribution is 0.0134. The van der Waals surface area contributed by atoms with E-state index in [4.69, 9.17) is 9.84 Å². The molecule has 1 aromatic heterocycles. The third-order valence-electron chi connectivity index (χ3n) is 3.10.